The van der Waals surface area contributed by atoms with Gasteiger partial charge in [-0.2, -0.15) is 0 Å². The third-order valence-electron chi connectivity index (χ3n) is 5.53. The molecule has 2 N–H and O–H groups in total. The van der Waals surface area contributed by atoms with Gasteiger partial charge in [-0.1, -0.05) is 48.0 Å². The van der Waals surface area contributed by atoms with Crippen LogP contribution in [0.5, 0.6) is 11.5 Å². The first-order chi connectivity index (χ1) is 15.8. The Balaban J connectivity index is 1.75. The van der Waals surface area contributed by atoms with E-state index < -0.39 is 35.1 Å². The van der Waals surface area contributed by atoms with Gasteiger partial charge in [0.2, 0.25) is 0 Å². The standard InChI is InChI=1S/C27H22O6/c1-15(2)10-13-23(33-27(32)18-9-5-7-16-6-3-4-8-17(16)18)19-14-22(30)24-20(28)11-12-21(29)25(24)26(19)31/h3-12,14,23,28-29H,13H2,1-2H3/t23-/m0/s1. The smallest absolute Gasteiger partial charge is 0.339 e. The van der Waals surface area contributed by atoms with Crippen molar-refractivity contribution in [2.75, 3.05) is 0 Å². The van der Waals surface area contributed by atoms with Gasteiger partial charge in [0.05, 0.1) is 16.7 Å². The van der Waals surface area contributed by atoms with Crippen LogP contribution < -0.4 is 0 Å². The summed E-state index contributed by atoms with van der Waals surface area (Å²) in [6.07, 6.45) is 1.98. The lowest BCUT2D eigenvalue weighted by Crippen LogP contribution is -2.29. The molecule has 0 radical (unpaired) electrons. The lowest BCUT2D eigenvalue weighted by atomic mass is 9.85. The summed E-state index contributed by atoms with van der Waals surface area (Å²) in [6, 6.07) is 14.9. The van der Waals surface area contributed by atoms with Crippen LogP contribution in [-0.4, -0.2) is 33.9 Å². The second-order valence-electron chi connectivity index (χ2n) is 8.08. The molecule has 1 atom stereocenters. The first kappa shape index (κ1) is 22.0. The maximum Gasteiger partial charge on any atom is 0.339 e. The Bertz CT molecular complexity index is 1350. The number of fused-ring (bicyclic) bond motifs is 2. The van der Waals surface area contributed by atoms with E-state index in [1.165, 1.54) is 0 Å². The second-order valence-corrected chi connectivity index (χ2v) is 8.08. The van der Waals surface area contributed by atoms with Crippen molar-refractivity contribution >= 4 is 28.3 Å². The van der Waals surface area contributed by atoms with E-state index in [1.54, 1.807) is 18.2 Å². The van der Waals surface area contributed by atoms with E-state index in [0.29, 0.717) is 10.9 Å². The molecular formula is C27H22O6. The minimum Gasteiger partial charge on any atom is -0.507 e. The van der Waals surface area contributed by atoms with Crippen molar-refractivity contribution in [3.05, 3.63) is 94.6 Å². The SMILES string of the molecule is CC(C)=CC[C@H](OC(=O)c1cccc2ccccc12)C1=CC(=O)c2c(O)ccc(O)c2C1=O. The highest BCUT2D eigenvalue weighted by atomic mass is 16.5. The van der Waals surface area contributed by atoms with Crippen LogP contribution in [0.3, 0.4) is 0 Å². The van der Waals surface area contributed by atoms with E-state index in [9.17, 15) is 24.6 Å². The quantitative estimate of drug-likeness (QED) is 0.322. The molecule has 0 spiro atoms. The molecular weight excluding hydrogens is 420 g/mol. The molecule has 0 aromatic heterocycles. The van der Waals surface area contributed by atoms with Crippen molar-refractivity contribution in [1.29, 1.82) is 0 Å². The van der Waals surface area contributed by atoms with Gasteiger partial charge < -0.3 is 14.9 Å². The minimum atomic E-state index is -1.06. The highest BCUT2D eigenvalue weighted by molar-refractivity contribution is 6.27. The fraction of sp³-hybridized carbons (Fsp3) is 0.148. The van der Waals surface area contributed by atoms with Gasteiger partial charge in [0.1, 0.15) is 17.6 Å². The van der Waals surface area contributed by atoms with Crippen LogP contribution in [0.25, 0.3) is 10.8 Å². The number of phenolic OH excluding ortho intramolecular Hbond substituents is 2. The number of benzene rings is 3. The zero-order valence-electron chi connectivity index (χ0n) is 18.2. The van der Waals surface area contributed by atoms with Crippen LogP contribution in [-0.2, 0) is 4.74 Å². The fourth-order valence-corrected chi connectivity index (χ4v) is 3.90. The van der Waals surface area contributed by atoms with Gasteiger partial charge in [0, 0.05) is 12.0 Å². The zero-order chi connectivity index (χ0) is 23.7. The monoisotopic (exact) mass is 442 g/mol. The van der Waals surface area contributed by atoms with Gasteiger partial charge in [0.15, 0.2) is 11.6 Å². The number of rotatable bonds is 5. The molecule has 3 aromatic carbocycles. The third-order valence-corrected chi connectivity index (χ3v) is 5.53. The Hall–Kier alpha value is -4.19. The van der Waals surface area contributed by atoms with Crippen LogP contribution in [0, 0.1) is 0 Å². The van der Waals surface area contributed by atoms with E-state index in [2.05, 4.69) is 0 Å². The second kappa shape index (κ2) is 8.74. The third kappa shape index (κ3) is 4.15. The largest absolute Gasteiger partial charge is 0.507 e. The van der Waals surface area contributed by atoms with Crippen LogP contribution in [0.1, 0.15) is 51.3 Å². The first-order valence-electron chi connectivity index (χ1n) is 10.5. The highest BCUT2D eigenvalue weighted by Gasteiger charge is 2.36. The number of carbonyl (C=O) groups is 3. The van der Waals surface area contributed by atoms with Crippen LogP contribution in [0.2, 0.25) is 0 Å². The number of phenols is 2. The summed E-state index contributed by atoms with van der Waals surface area (Å²) in [5, 5.41) is 21.9. The first-order valence-corrected chi connectivity index (χ1v) is 10.5. The normalized spacial score (nSPS) is 13.8. The molecule has 0 saturated heterocycles. The number of hydrogen-bond acceptors (Lipinski definition) is 6. The van der Waals surface area contributed by atoms with E-state index in [0.717, 1.165) is 29.2 Å². The topological polar surface area (TPSA) is 101 Å². The molecule has 166 valence electrons. The number of ketones is 2. The number of hydrogen-bond donors (Lipinski definition) is 2. The van der Waals surface area contributed by atoms with E-state index in [-0.39, 0.29) is 23.1 Å². The lowest BCUT2D eigenvalue weighted by molar-refractivity contribution is 0.0375. The molecule has 0 fully saturated rings. The van der Waals surface area contributed by atoms with Gasteiger partial charge in [-0.05, 0) is 48.9 Å². The summed E-state index contributed by atoms with van der Waals surface area (Å²) in [5.74, 6) is -2.77. The van der Waals surface area contributed by atoms with Crippen molar-refractivity contribution < 1.29 is 29.3 Å². The molecule has 1 aliphatic rings. The predicted molar refractivity (Wildman–Crippen MR) is 124 cm³/mol. The molecule has 0 saturated carbocycles. The van der Waals surface area contributed by atoms with Gasteiger partial charge >= 0.3 is 5.97 Å². The predicted octanol–water partition coefficient (Wildman–Crippen LogP) is 5.14. The van der Waals surface area contributed by atoms with Gasteiger partial charge in [-0.3, -0.25) is 9.59 Å². The Labute approximate surface area is 190 Å². The summed E-state index contributed by atoms with van der Waals surface area (Å²) in [4.78, 5) is 39.1. The molecule has 0 heterocycles. The molecule has 0 unspecified atom stereocenters. The zero-order valence-corrected chi connectivity index (χ0v) is 18.2. The van der Waals surface area contributed by atoms with Crippen molar-refractivity contribution in [3.8, 4) is 11.5 Å². The van der Waals surface area contributed by atoms with Gasteiger partial charge in [-0.25, -0.2) is 4.79 Å². The van der Waals surface area contributed by atoms with Crippen molar-refractivity contribution in [3.63, 3.8) is 0 Å². The van der Waals surface area contributed by atoms with Crippen molar-refractivity contribution in [1.82, 2.24) is 0 Å². The van der Waals surface area contributed by atoms with E-state index in [1.807, 2.05) is 44.2 Å². The Morgan fingerprint density at radius 1 is 0.939 bits per heavy atom. The van der Waals surface area contributed by atoms with E-state index >= 15 is 0 Å². The molecule has 4 rings (SSSR count). The summed E-state index contributed by atoms with van der Waals surface area (Å²) < 4.78 is 5.77. The van der Waals surface area contributed by atoms with Crippen molar-refractivity contribution in [2.24, 2.45) is 0 Å². The Morgan fingerprint density at radius 3 is 2.33 bits per heavy atom. The number of ether oxygens (including phenoxy) is 1. The van der Waals surface area contributed by atoms with E-state index in [4.69, 9.17) is 4.74 Å². The molecule has 0 aliphatic heterocycles. The average molecular weight is 442 g/mol. The van der Waals surface area contributed by atoms with Gasteiger partial charge in [-0.15, -0.1) is 0 Å². The molecule has 3 aromatic rings. The molecule has 6 nitrogen and oxygen atoms in total. The van der Waals surface area contributed by atoms with Crippen molar-refractivity contribution in [2.45, 2.75) is 26.4 Å². The number of Topliss-reactive ketones (excluding diaryl/α,β-unsaturated/α-hetero) is 1. The lowest BCUT2D eigenvalue weighted by Gasteiger charge is -2.24. The van der Waals surface area contributed by atoms with Gasteiger partial charge in [0.25, 0.3) is 0 Å². The van der Waals surface area contributed by atoms with Crippen LogP contribution in [0.15, 0.2) is 77.9 Å². The molecule has 1 aliphatic carbocycles. The number of carbonyl (C=O) groups excluding carboxylic acids is 3. The minimum absolute atomic E-state index is 0.0560. The summed E-state index contributed by atoms with van der Waals surface area (Å²) in [5.41, 5.74) is 0.675. The maximum absolute atomic E-state index is 13.2. The average Bonchev–Trinajstić information content (AvgIpc) is 2.80. The molecule has 6 heteroatoms. The summed E-state index contributed by atoms with van der Waals surface area (Å²) in [7, 11) is 0. The fourth-order valence-electron chi connectivity index (χ4n) is 3.90. The summed E-state index contributed by atoms with van der Waals surface area (Å²) >= 11 is 0. The maximum atomic E-state index is 13.2. The summed E-state index contributed by atoms with van der Waals surface area (Å²) in [6.45, 7) is 3.73. The highest BCUT2D eigenvalue weighted by Crippen LogP contribution is 2.36. The number of aromatic hydroxyl groups is 2. The van der Waals surface area contributed by atoms with Crippen LogP contribution in [0.4, 0.5) is 0 Å². The van der Waals surface area contributed by atoms with Crippen LogP contribution >= 0.6 is 0 Å². The number of allylic oxidation sites excluding steroid dienone is 2. The molecule has 33 heavy (non-hydrogen) atoms. The Morgan fingerprint density at radius 2 is 1.61 bits per heavy atom. The number of esters is 1. The Kier molecular flexibility index (Phi) is 5.84. The molecule has 0 bridgehead atoms. The molecule has 0 amide bonds.